The number of rotatable bonds is 4. The second-order valence-electron chi connectivity index (χ2n) is 7.09. The molecule has 3 atom stereocenters. The molecule has 2 saturated carbocycles. The zero-order valence-corrected chi connectivity index (χ0v) is 11.2. The van der Waals surface area contributed by atoms with E-state index >= 15 is 0 Å². The average Bonchev–Trinajstić information content (AvgIpc) is 2.80. The summed E-state index contributed by atoms with van der Waals surface area (Å²) in [4.78, 5) is 11.9. The molecule has 2 N–H and O–H groups in total. The lowest BCUT2D eigenvalue weighted by Gasteiger charge is -2.23. The maximum atomic E-state index is 11.9. The number of aliphatic hydroxyl groups excluding tert-OH is 1. The number of amides is 1. The van der Waals surface area contributed by atoms with Gasteiger partial charge in [-0.2, -0.15) is 0 Å². The Morgan fingerprint density at radius 2 is 1.88 bits per heavy atom. The molecule has 3 nitrogen and oxygen atoms in total. The van der Waals surface area contributed by atoms with Gasteiger partial charge < -0.3 is 10.4 Å². The highest BCUT2D eigenvalue weighted by molar-refractivity contribution is 5.79. The number of carbonyl (C=O) groups excluding carboxylic acids is 1. The van der Waals surface area contributed by atoms with Gasteiger partial charge in [-0.05, 0) is 42.9 Å². The first kappa shape index (κ1) is 12.9. The van der Waals surface area contributed by atoms with Gasteiger partial charge in [0, 0.05) is 12.5 Å². The lowest BCUT2D eigenvalue weighted by atomic mass is 9.89. The van der Waals surface area contributed by atoms with Gasteiger partial charge in [0.2, 0.25) is 5.91 Å². The number of carbonyl (C=O) groups is 1. The lowest BCUT2D eigenvalue weighted by molar-refractivity contribution is -0.125. The zero-order valence-electron chi connectivity index (χ0n) is 11.2. The molecule has 0 aromatic rings. The predicted molar refractivity (Wildman–Crippen MR) is 67.4 cm³/mol. The number of nitrogens with one attached hydrogen (secondary N) is 1. The first-order chi connectivity index (χ1) is 7.85. The largest absolute Gasteiger partial charge is 0.391 e. The summed E-state index contributed by atoms with van der Waals surface area (Å²) in [6.45, 7) is 6.70. The van der Waals surface area contributed by atoms with E-state index < -0.39 is 6.10 Å². The normalized spacial score (nSPS) is 33.1. The van der Waals surface area contributed by atoms with Crippen LogP contribution in [0.3, 0.4) is 0 Å². The monoisotopic (exact) mass is 239 g/mol. The van der Waals surface area contributed by atoms with Gasteiger partial charge in [-0.3, -0.25) is 4.79 Å². The third-order valence-corrected chi connectivity index (χ3v) is 3.97. The molecule has 0 heterocycles. The minimum Gasteiger partial charge on any atom is -0.391 e. The topological polar surface area (TPSA) is 49.3 Å². The van der Waals surface area contributed by atoms with Crippen molar-refractivity contribution in [2.45, 2.75) is 52.6 Å². The Labute approximate surface area is 104 Å². The second-order valence-corrected chi connectivity index (χ2v) is 7.09. The molecule has 0 saturated heterocycles. The van der Waals surface area contributed by atoms with Crippen molar-refractivity contribution in [3.05, 3.63) is 0 Å². The van der Waals surface area contributed by atoms with Crippen molar-refractivity contribution in [3.8, 4) is 0 Å². The SMILES string of the molecule is CC(C)(C)CC(O)CNC(=O)C1CC2CC2C1. The molecule has 3 heteroatoms. The Morgan fingerprint density at radius 1 is 1.29 bits per heavy atom. The first-order valence-corrected chi connectivity index (χ1v) is 6.81. The van der Waals surface area contributed by atoms with E-state index in [0.29, 0.717) is 6.54 Å². The van der Waals surface area contributed by atoms with E-state index in [1.54, 1.807) is 0 Å². The minimum atomic E-state index is -0.421. The highest BCUT2D eigenvalue weighted by atomic mass is 16.3. The summed E-state index contributed by atoms with van der Waals surface area (Å²) in [7, 11) is 0. The third kappa shape index (κ3) is 3.70. The van der Waals surface area contributed by atoms with E-state index in [9.17, 15) is 9.90 Å². The molecule has 17 heavy (non-hydrogen) atoms. The Bertz CT molecular complexity index is 285. The molecule has 2 aliphatic carbocycles. The summed E-state index contributed by atoms with van der Waals surface area (Å²) in [5.74, 6) is 2.06. The Kier molecular flexibility index (Phi) is 3.48. The van der Waals surface area contributed by atoms with E-state index in [1.807, 2.05) is 0 Å². The summed E-state index contributed by atoms with van der Waals surface area (Å²) < 4.78 is 0. The molecule has 1 amide bonds. The predicted octanol–water partition coefficient (Wildman–Crippen LogP) is 1.95. The number of hydrogen-bond acceptors (Lipinski definition) is 2. The van der Waals surface area contributed by atoms with Crippen molar-refractivity contribution in [3.63, 3.8) is 0 Å². The third-order valence-electron chi connectivity index (χ3n) is 3.97. The maximum Gasteiger partial charge on any atom is 0.223 e. The van der Waals surface area contributed by atoms with Crippen LogP contribution in [-0.2, 0) is 4.79 Å². The van der Waals surface area contributed by atoms with E-state index in [0.717, 1.165) is 31.1 Å². The van der Waals surface area contributed by atoms with Crippen molar-refractivity contribution in [2.24, 2.45) is 23.2 Å². The first-order valence-electron chi connectivity index (χ1n) is 6.81. The Morgan fingerprint density at radius 3 is 2.41 bits per heavy atom. The standard InChI is InChI=1S/C14H25NO2/c1-14(2,3)7-12(16)8-15-13(17)11-5-9-4-10(9)6-11/h9-12,16H,4-8H2,1-3H3,(H,15,17). The van der Waals surface area contributed by atoms with Crippen LogP contribution in [0.5, 0.6) is 0 Å². The van der Waals surface area contributed by atoms with Crippen LogP contribution in [0.1, 0.15) is 46.5 Å². The van der Waals surface area contributed by atoms with Crippen LogP contribution < -0.4 is 5.32 Å². The molecule has 2 rings (SSSR count). The van der Waals surface area contributed by atoms with Gasteiger partial charge in [-0.1, -0.05) is 20.8 Å². The fraction of sp³-hybridized carbons (Fsp3) is 0.929. The molecular formula is C14H25NO2. The lowest BCUT2D eigenvalue weighted by Crippen LogP contribution is -2.37. The molecule has 0 bridgehead atoms. The molecule has 0 aromatic heterocycles. The van der Waals surface area contributed by atoms with Crippen LogP contribution in [0.4, 0.5) is 0 Å². The van der Waals surface area contributed by atoms with E-state index in [2.05, 4.69) is 26.1 Å². The smallest absolute Gasteiger partial charge is 0.223 e. The van der Waals surface area contributed by atoms with Gasteiger partial charge >= 0.3 is 0 Å². The molecule has 0 spiro atoms. The number of hydrogen-bond donors (Lipinski definition) is 2. The van der Waals surface area contributed by atoms with Gasteiger partial charge in [-0.25, -0.2) is 0 Å². The Balaban J connectivity index is 1.65. The number of aliphatic hydroxyl groups is 1. The average molecular weight is 239 g/mol. The summed E-state index contributed by atoms with van der Waals surface area (Å²) in [5, 5.41) is 12.7. The highest BCUT2D eigenvalue weighted by Gasteiger charge is 2.47. The molecule has 0 radical (unpaired) electrons. The van der Waals surface area contributed by atoms with Crippen molar-refractivity contribution >= 4 is 5.91 Å². The van der Waals surface area contributed by atoms with Crippen molar-refractivity contribution in [2.75, 3.05) is 6.54 Å². The van der Waals surface area contributed by atoms with Crippen LogP contribution in [0, 0.1) is 23.2 Å². The Hall–Kier alpha value is -0.570. The van der Waals surface area contributed by atoms with Crippen LogP contribution in [-0.4, -0.2) is 23.7 Å². The van der Waals surface area contributed by atoms with Crippen molar-refractivity contribution in [1.29, 1.82) is 0 Å². The van der Waals surface area contributed by atoms with Gasteiger partial charge in [0.05, 0.1) is 6.10 Å². The molecule has 3 unspecified atom stereocenters. The molecule has 0 aromatic carbocycles. The quantitative estimate of drug-likeness (QED) is 0.787. The van der Waals surface area contributed by atoms with Crippen LogP contribution in [0.25, 0.3) is 0 Å². The van der Waals surface area contributed by atoms with Gasteiger partial charge in [0.25, 0.3) is 0 Å². The number of fused-ring (bicyclic) bond motifs is 1. The zero-order chi connectivity index (χ0) is 12.6. The fourth-order valence-electron chi connectivity index (χ4n) is 3.07. The molecule has 2 aliphatic rings. The van der Waals surface area contributed by atoms with Crippen LogP contribution in [0.15, 0.2) is 0 Å². The van der Waals surface area contributed by atoms with Crippen LogP contribution >= 0.6 is 0 Å². The summed E-state index contributed by atoms with van der Waals surface area (Å²) in [6, 6.07) is 0. The summed E-state index contributed by atoms with van der Waals surface area (Å²) >= 11 is 0. The minimum absolute atomic E-state index is 0.110. The molecule has 2 fully saturated rings. The van der Waals surface area contributed by atoms with Gasteiger partial charge in [0.1, 0.15) is 0 Å². The van der Waals surface area contributed by atoms with E-state index in [4.69, 9.17) is 0 Å². The molecule has 98 valence electrons. The molecule has 0 aliphatic heterocycles. The van der Waals surface area contributed by atoms with Crippen molar-refractivity contribution < 1.29 is 9.90 Å². The maximum absolute atomic E-state index is 11.9. The summed E-state index contributed by atoms with van der Waals surface area (Å²) in [6.07, 6.45) is 3.80. The summed E-state index contributed by atoms with van der Waals surface area (Å²) in [5.41, 5.74) is 0.110. The highest BCUT2D eigenvalue weighted by Crippen LogP contribution is 2.54. The van der Waals surface area contributed by atoms with Gasteiger partial charge in [0.15, 0.2) is 0 Å². The van der Waals surface area contributed by atoms with Crippen LogP contribution in [0.2, 0.25) is 0 Å². The second kappa shape index (κ2) is 4.60. The van der Waals surface area contributed by atoms with Crippen molar-refractivity contribution in [1.82, 2.24) is 5.32 Å². The fourth-order valence-corrected chi connectivity index (χ4v) is 3.07. The molecular weight excluding hydrogens is 214 g/mol. The van der Waals surface area contributed by atoms with Gasteiger partial charge in [-0.15, -0.1) is 0 Å². The van der Waals surface area contributed by atoms with E-state index in [1.165, 1.54) is 6.42 Å². The van der Waals surface area contributed by atoms with E-state index in [-0.39, 0.29) is 17.2 Å².